The molecule has 2 N–H and O–H groups in total. The molecule has 0 saturated heterocycles. The number of halogens is 2. The molecule has 0 aromatic heterocycles. The fraction of sp³-hybridized carbons (Fsp3) is 0.235. The summed E-state index contributed by atoms with van der Waals surface area (Å²) in [5.74, 6) is -1.05. The molecular formula is C17H18F2N2O2. The largest absolute Gasteiger partial charge is 0.496 e. The Morgan fingerprint density at radius 3 is 2.70 bits per heavy atom. The fourth-order valence-electron chi connectivity index (χ4n) is 2.17. The lowest BCUT2D eigenvalue weighted by atomic mass is 10.1. The van der Waals surface area contributed by atoms with Gasteiger partial charge in [-0.3, -0.25) is 4.79 Å². The predicted molar refractivity (Wildman–Crippen MR) is 84.4 cm³/mol. The summed E-state index contributed by atoms with van der Waals surface area (Å²) in [7, 11) is 1.57. The Morgan fingerprint density at radius 1 is 1.22 bits per heavy atom. The van der Waals surface area contributed by atoms with Gasteiger partial charge < -0.3 is 15.4 Å². The second-order valence-electron chi connectivity index (χ2n) is 5.02. The van der Waals surface area contributed by atoms with Gasteiger partial charge in [-0.15, -0.1) is 0 Å². The maximum Gasteiger partial charge on any atom is 0.238 e. The summed E-state index contributed by atoms with van der Waals surface area (Å²) in [5.41, 5.74) is 0.724. The van der Waals surface area contributed by atoms with Gasteiger partial charge in [-0.05, 0) is 25.1 Å². The molecule has 0 unspecified atom stereocenters. The van der Waals surface area contributed by atoms with Gasteiger partial charge in [-0.25, -0.2) is 8.78 Å². The Kier molecular flexibility index (Phi) is 5.65. The highest BCUT2D eigenvalue weighted by Crippen LogP contribution is 2.24. The van der Waals surface area contributed by atoms with Gasteiger partial charge in [0.1, 0.15) is 17.4 Å². The zero-order valence-electron chi connectivity index (χ0n) is 12.9. The highest BCUT2D eigenvalue weighted by atomic mass is 19.1. The first-order valence-electron chi connectivity index (χ1n) is 7.12. The van der Waals surface area contributed by atoms with Crippen molar-refractivity contribution >= 4 is 11.6 Å². The van der Waals surface area contributed by atoms with Crippen LogP contribution >= 0.6 is 0 Å². The van der Waals surface area contributed by atoms with Crippen LogP contribution in [0.1, 0.15) is 18.5 Å². The highest BCUT2D eigenvalue weighted by molar-refractivity contribution is 5.92. The van der Waals surface area contributed by atoms with Gasteiger partial charge in [-0.2, -0.15) is 0 Å². The summed E-state index contributed by atoms with van der Waals surface area (Å²) >= 11 is 0. The second kappa shape index (κ2) is 7.69. The Morgan fingerprint density at radius 2 is 1.96 bits per heavy atom. The molecule has 0 saturated carbocycles. The van der Waals surface area contributed by atoms with Gasteiger partial charge in [0.05, 0.1) is 19.3 Å². The van der Waals surface area contributed by atoms with Crippen LogP contribution in [0.25, 0.3) is 0 Å². The molecule has 0 fully saturated rings. The molecule has 0 heterocycles. The Bertz CT molecular complexity index is 692. The SMILES string of the molecule is COc1ccccc1[C@H](C)NCC(=O)Nc1cc(F)ccc1F. The summed E-state index contributed by atoms with van der Waals surface area (Å²) in [6.07, 6.45) is 0. The van der Waals surface area contributed by atoms with Gasteiger partial charge in [0.25, 0.3) is 0 Å². The Labute approximate surface area is 133 Å². The summed E-state index contributed by atoms with van der Waals surface area (Å²) in [6, 6.07) is 10.2. The van der Waals surface area contributed by atoms with Crippen molar-refractivity contribution in [1.82, 2.24) is 5.32 Å². The van der Waals surface area contributed by atoms with Crippen LogP contribution < -0.4 is 15.4 Å². The van der Waals surface area contributed by atoms with E-state index >= 15 is 0 Å². The minimum absolute atomic E-state index is 0.0465. The fourth-order valence-corrected chi connectivity index (χ4v) is 2.17. The topological polar surface area (TPSA) is 50.4 Å². The number of para-hydroxylation sites is 1. The van der Waals surface area contributed by atoms with E-state index in [2.05, 4.69) is 10.6 Å². The molecule has 2 aromatic rings. The Hall–Kier alpha value is -2.47. The first kappa shape index (κ1) is 16.9. The molecule has 4 nitrogen and oxygen atoms in total. The number of amides is 1. The van der Waals surface area contributed by atoms with Gasteiger partial charge >= 0.3 is 0 Å². The number of carbonyl (C=O) groups excluding carboxylic acids is 1. The molecule has 23 heavy (non-hydrogen) atoms. The number of hydrogen-bond donors (Lipinski definition) is 2. The minimum atomic E-state index is -0.683. The molecule has 122 valence electrons. The summed E-state index contributed by atoms with van der Waals surface area (Å²) in [4.78, 5) is 11.9. The molecule has 0 aliphatic heterocycles. The van der Waals surface area contributed by atoms with Crippen LogP contribution in [0.2, 0.25) is 0 Å². The van der Waals surface area contributed by atoms with E-state index in [-0.39, 0.29) is 18.3 Å². The van der Waals surface area contributed by atoms with Gasteiger partial charge in [0, 0.05) is 17.7 Å². The number of hydrogen-bond acceptors (Lipinski definition) is 3. The van der Waals surface area contributed by atoms with E-state index in [4.69, 9.17) is 4.74 Å². The third-order valence-electron chi connectivity index (χ3n) is 3.38. The van der Waals surface area contributed by atoms with Crippen LogP contribution in [0.15, 0.2) is 42.5 Å². The molecule has 6 heteroatoms. The average Bonchev–Trinajstić information content (AvgIpc) is 2.56. The molecule has 2 rings (SSSR count). The number of methoxy groups -OCH3 is 1. The zero-order chi connectivity index (χ0) is 16.8. The van der Waals surface area contributed by atoms with E-state index < -0.39 is 17.5 Å². The maximum absolute atomic E-state index is 13.5. The monoisotopic (exact) mass is 320 g/mol. The van der Waals surface area contributed by atoms with Crippen molar-refractivity contribution in [2.24, 2.45) is 0 Å². The van der Waals surface area contributed by atoms with E-state index in [0.29, 0.717) is 5.75 Å². The van der Waals surface area contributed by atoms with Gasteiger partial charge in [0.2, 0.25) is 5.91 Å². The van der Waals surface area contributed by atoms with E-state index in [1.54, 1.807) is 7.11 Å². The number of rotatable bonds is 6. The number of nitrogens with one attached hydrogen (secondary N) is 2. The molecule has 1 atom stereocenters. The van der Waals surface area contributed by atoms with E-state index in [9.17, 15) is 13.6 Å². The molecule has 0 aliphatic carbocycles. The number of carbonyl (C=O) groups is 1. The summed E-state index contributed by atoms with van der Waals surface area (Å²) < 4.78 is 31.8. The van der Waals surface area contributed by atoms with Crippen molar-refractivity contribution in [1.29, 1.82) is 0 Å². The third kappa shape index (κ3) is 4.50. The highest BCUT2D eigenvalue weighted by Gasteiger charge is 2.13. The first-order chi connectivity index (χ1) is 11.0. The smallest absolute Gasteiger partial charge is 0.238 e. The predicted octanol–water partition coefficient (Wildman–Crippen LogP) is 3.26. The molecule has 1 amide bonds. The number of anilines is 1. The van der Waals surface area contributed by atoms with Crippen LogP contribution in [0, 0.1) is 11.6 Å². The zero-order valence-corrected chi connectivity index (χ0v) is 12.9. The van der Waals surface area contributed by atoms with Crippen molar-refractivity contribution in [2.45, 2.75) is 13.0 Å². The second-order valence-corrected chi connectivity index (χ2v) is 5.02. The van der Waals surface area contributed by atoms with Crippen LogP contribution in [0.3, 0.4) is 0 Å². The van der Waals surface area contributed by atoms with Crippen LogP contribution in [0.4, 0.5) is 14.5 Å². The standard InChI is InChI=1S/C17H18F2N2O2/c1-11(13-5-3-4-6-16(13)23-2)20-10-17(22)21-15-9-12(18)7-8-14(15)19/h3-9,11,20H,10H2,1-2H3,(H,21,22)/t11-/m0/s1. The maximum atomic E-state index is 13.5. The third-order valence-corrected chi connectivity index (χ3v) is 3.38. The van der Waals surface area contributed by atoms with Crippen molar-refractivity contribution < 1.29 is 18.3 Å². The Balaban J connectivity index is 1.95. The van der Waals surface area contributed by atoms with E-state index in [0.717, 1.165) is 23.8 Å². The van der Waals surface area contributed by atoms with Gasteiger partial charge in [-0.1, -0.05) is 18.2 Å². The lowest BCUT2D eigenvalue weighted by Crippen LogP contribution is -2.30. The van der Waals surface area contributed by atoms with Gasteiger partial charge in [0.15, 0.2) is 0 Å². The minimum Gasteiger partial charge on any atom is -0.496 e. The van der Waals surface area contributed by atoms with Crippen LogP contribution in [0.5, 0.6) is 5.75 Å². The van der Waals surface area contributed by atoms with Crippen LogP contribution in [-0.2, 0) is 4.79 Å². The van der Waals surface area contributed by atoms with E-state index in [1.165, 1.54) is 0 Å². The van der Waals surface area contributed by atoms with E-state index in [1.807, 2.05) is 31.2 Å². The summed E-state index contributed by atoms with van der Waals surface area (Å²) in [6.45, 7) is 1.84. The molecule has 2 aromatic carbocycles. The molecule has 0 aliphatic rings. The molecule has 0 radical (unpaired) electrons. The van der Waals surface area contributed by atoms with Crippen molar-refractivity contribution in [3.05, 3.63) is 59.7 Å². The van der Waals surface area contributed by atoms with Crippen molar-refractivity contribution in [3.8, 4) is 5.75 Å². The van der Waals surface area contributed by atoms with Crippen LogP contribution in [-0.4, -0.2) is 19.6 Å². The van der Waals surface area contributed by atoms with Crippen molar-refractivity contribution in [2.75, 3.05) is 19.0 Å². The normalized spacial score (nSPS) is 11.8. The average molecular weight is 320 g/mol. The molecular weight excluding hydrogens is 302 g/mol. The van der Waals surface area contributed by atoms with Crippen molar-refractivity contribution in [3.63, 3.8) is 0 Å². The first-order valence-corrected chi connectivity index (χ1v) is 7.12. The molecule has 0 bridgehead atoms. The quantitative estimate of drug-likeness (QED) is 0.859. The molecule has 0 spiro atoms. The lowest BCUT2D eigenvalue weighted by Gasteiger charge is -2.17. The summed E-state index contributed by atoms with van der Waals surface area (Å²) in [5, 5.41) is 5.36. The number of ether oxygens (including phenoxy) is 1. The lowest BCUT2D eigenvalue weighted by molar-refractivity contribution is -0.115. The number of benzene rings is 2.